The lowest BCUT2D eigenvalue weighted by Gasteiger charge is -2.22. The molecule has 2 aromatic rings. The predicted molar refractivity (Wildman–Crippen MR) is 90.0 cm³/mol. The molecule has 1 aliphatic rings. The predicted octanol–water partition coefficient (Wildman–Crippen LogP) is 5.03. The van der Waals surface area contributed by atoms with Gasteiger partial charge in [-0.05, 0) is 25.0 Å². The molecule has 3 nitrogen and oxygen atoms in total. The number of aromatic nitrogens is 1. The number of fused-ring (bicyclic) bond motifs is 1. The number of rotatable bonds is 3. The number of benzene rings is 1. The van der Waals surface area contributed by atoms with E-state index in [4.69, 9.17) is 0 Å². The van der Waals surface area contributed by atoms with Crippen LogP contribution in [0.25, 0.3) is 10.9 Å². The summed E-state index contributed by atoms with van der Waals surface area (Å²) in [6.45, 7) is -1.11. The first kappa shape index (κ1) is 17.3. The zero-order valence-electron chi connectivity index (χ0n) is 13.0. The normalized spacial score (nSPS) is 16.5. The van der Waals surface area contributed by atoms with Gasteiger partial charge in [-0.15, -0.1) is 0 Å². The van der Waals surface area contributed by atoms with Crippen molar-refractivity contribution in [2.75, 3.05) is 0 Å². The first-order chi connectivity index (χ1) is 11.3. The minimum atomic E-state index is -4.34. The summed E-state index contributed by atoms with van der Waals surface area (Å²) in [6, 6.07) is 5.14. The summed E-state index contributed by atoms with van der Waals surface area (Å²) >= 11 is 3.28. The number of amides is 1. The van der Waals surface area contributed by atoms with Crippen molar-refractivity contribution in [2.24, 2.45) is 0 Å². The van der Waals surface area contributed by atoms with Crippen LogP contribution in [0.2, 0.25) is 0 Å². The molecule has 3 rings (SSSR count). The lowest BCUT2D eigenvalue weighted by molar-refractivity contribution is -0.139. The van der Waals surface area contributed by atoms with Crippen molar-refractivity contribution in [1.29, 1.82) is 0 Å². The topological polar surface area (TPSA) is 34.0 Å². The molecule has 0 aliphatic heterocycles. The third kappa shape index (κ3) is 3.94. The fraction of sp³-hybridized carbons (Fsp3) is 0.471. The van der Waals surface area contributed by atoms with Crippen molar-refractivity contribution >= 4 is 32.7 Å². The van der Waals surface area contributed by atoms with Crippen LogP contribution >= 0.6 is 15.9 Å². The Balaban J connectivity index is 1.93. The number of hydrogen-bond acceptors (Lipinski definition) is 1. The third-order valence-corrected chi connectivity index (χ3v) is 4.87. The average molecular weight is 403 g/mol. The van der Waals surface area contributed by atoms with E-state index >= 15 is 0 Å². The third-order valence-electron chi connectivity index (χ3n) is 4.38. The summed E-state index contributed by atoms with van der Waals surface area (Å²) in [5.74, 6) is -0.296. The van der Waals surface area contributed by atoms with Crippen molar-refractivity contribution in [3.63, 3.8) is 0 Å². The molecule has 1 aliphatic carbocycles. The van der Waals surface area contributed by atoms with E-state index in [0.717, 1.165) is 30.3 Å². The van der Waals surface area contributed by atoms with Gasteiger partial charge in [0.2, 0.25) is 0 Å². The number of nitrogens with zero attached hydrogens (tertiary/aromatic N) is 1. The van der Waals surface area contributed by atoms with Gasteiger partial charge in [0, 0.05) is 22.1 Å². The standard InChI is InChI=1S/C17H18BrF3N2O/c18-11-6-7-13-14(16(24)22-12-4-2-1-3-5-12)9-23(15(13)8-11)10-17(19,20)21/h6-9,12H,1-5,10H2,(H,22,24). The van der Waals surface area contributed by atoms with Crippen molar-refractivity contribution in [1.82, 2.24) is 9.88 Å². The second kappa shape index (κ2) is 6.78. The fourth-order valence-electron chi connectivity index (χ4n) is 3.28. The van der Waals surface area contributed by atoms with Gasteiger partial charge in [0.25, 0.3) is 5.91 Å². The molecule has 1 amide bonds. The van der Waals surface area contributed by atoms with Crippen LogP contribution in [0.5, 0.6) is 0 Å². The van der Waals surface area contributed by atoms with Crippen molar-refractivity contribution in [3.05, 3.63) is 34.4 Å². The molecule has 0 radical (unpaired) electrons. The molecule has 1 fully saturated rings. The fourth-order valence-corrected chi connectivity index (χ4v) is 3.63. The molecule has 0 spiro atoms. The van der Waals surface area contributed by atoms with Gasteiger partial charge in [0.1, 0.15) is 6.54 Å². The first-order valence-corrected chi connectivity index (χ1v) is 8.79. The molecular formula is C17H18BrF3N2O. The van der Waals surface area contributed by atoms with Crippen LogP contribution in [-0.4, -0.2) is 22.7 Å². The number of carbonyl (C=O) groups excluding carboxylic acids is 1. The van der Waals surface area contributed by atoms with Crippen LogP contribution in [-0.2, 0) is 6.54 Å². The molecule has 0 unspecified atom stereocenters. The highest BCUT2D eigenvalue weighted by molar-refractivity contribution is 9.10. The number of carbonyl (C=O) groups is 1. The Morgan fingerprint density at radius 1 is 1.25 bits per heavy atom. The van der Waals surface area contributed by atoms with Gasteiger partial charge in [0.15, 0.2) is 0 Å². The van der Waals surface area contributed by atoms with Crippen LogP contribution in [0.1, 0.15) is 42.5 Å². The minimum absolute atomic E-state index is 0.114. The molecule has 1 saturated carbocycles. The monoisotopic (exact) mass is 402 g/mol. The van der Waals surface area contributed by atoms with E-state index in [0.29, 0.717) is 20.9 Å². The molecule has 24 heavy (non-hydrogen) atoms. The van der Waals surface area contributed by atoms with E-state index in [2.05, 4.69) is 21.2 Å². The Labute approximate surface area is 146 Å². The molecular weight excluding hydrogens is 385 g/mol. The Bertz CT molecular complexity index is 748. The van der Waals surface area contributed by atoms with Crippen LogP contribution in [0.4, 0.5) is 13.2 Å². The Hall–Kier alpha value is -1.50. The van der Waals surface area contributed by atoms with Gasteiger partial charge < -0.3 is 9.88 Å². The van der Waals surface area contributed by atoms with E-state index < -0.39 is 12.7 Å². The Kier molecular flexibility index (Phi) is 4.90. The van der Waals surface area contributed by atoms with Crippen LogP contribution in [0.15, 0.2) is 28.9 Å². The largest absolute Gasteiger partial charge is 0.406 e. The highest BCUT2D eigenvalue weighted by atomic mass is 79.9. The molecule has 1 aromatic heterocycles. The van der Waals surface area contributed by atoms with E-state index in [9.17, 15) is 18.0 Å². The lowest BCUT2D eigenvalue weighted by Crippen LogP contribution is -2.36. The van der Waals surface area contributed by atoms with E-state index in [1.165, 1.54) is 12.6 Å². The van der Waals surface area contributed by atoms with Gasteiger partial charge in [-0.3, -0.25) is 4.79 Å². The SMILES string of the molecule is O=C(NC1CCCCC1)c1cn(CC(F)(F)F)c2cc(Br)ccc12. The van der Waals surface area contributed by atoms with Gasteiger partial charge in [-0.25, -0.2) is 0 Å². The average Bonchev–Trinajstić information content (AvgIpc) is 2.84. The number of halogens is 4. The molecule has 7 heteroatoms. The highest BCUT2D eigenvalue weighted by Gasteiger charge is 2.30. The second-order valence-electron chi connectivity index (χ2n) is 6.26. The molecule has 130 valence electrons. The van der Waals surface area contributed by atoms with E-state index in [-0.39, 0.29) is 11.9 Å². The molecule has 0 saturated heterocycles. The van der Waals surface area contributed by atoms with Crippen LogP contribution in [0.3, 0.4) is 0 Å². The zero-order chi connectivity index (χ0) is 17.3. The number of nitrogens with one attached hydrogen (secondary N) is 1. The van der Waals surface area contributed by atoms with Gasteiger partial charge in [-0.1, -0.05) is 41.3 Å². The summed E-state index contributed by atoms with van der Waals surface area (Å²) < 4.78 is 40.2. The van der Waals surface area contributed by atoms with Crippen LogP contribution < -0.4 is 5.32 Å². The molecule has 0 atom stereocenters. The second-order valence-corrected chi connectivity index (χ2v) is 7.17. The number of hydrogen-bond donors (Lipinski definition) is 1. The summed E-state index contributed by atoms with van der Waals surface area (Å²) in [7, 11) is 0. The van der Waals surface area contributed by atoms with Crippen molar-refractivity contribution < 1.29 is 18.0 Å². The maximum absolute atomic E-state index is 12.8. The summed E-state index contributed by atoms with van der Waals surface area (Å²) in [4.78, 5) is 12.6. The Morgan fingerprint density at radius 3 is 2.62 bits per heavy atom. The first-order valence-electron chi connectivity index (χ1n) is 7.99. The summed E-state index contributed by atoms with van der Waals surface area (Å²) in [5, 5.41) is 3.51. The zero-order valence-corrected chi connectivity index (χ0v) is 14.6. The highest BCUT2D eigenvalue weighted by Crippen LogP contribution is 2.29. The quantitative estimate of drug-likeness (QED) is 0.767. The van der Waals surface area contributed by atoms with Crippen LogP contribution in [0, 0.1) is 0 Å². The van der Waals surface area contributed by atoms with Gasteiger partial charge in [-0.2, -0.15) is 13.2 Å². The van der Waals surface area contributed by atoms with E-state index in [1.807, 2.05) is 0 Å². The van der Waals surface area contributed by atoms with Gasteiger partial charge >= 0.3 is 6.18 Å². The smallest absolute Gasteiger partial charge is 0.349 e. The number of alkyl halides is 3. The van der Waals surface area contributed by atoms with Crippen molar-refractivity contribution in [3.8, 4) is 0 Å². The molecule has 0 bridgehead atoms. The minimum Gasteiger partial charge on any atom is -0.349 e. The summed E-state index contributed by atoms with van der Waals surface area (Å²) in [5.41, 5.74) is 0.697. The lowest BCUT2D eigenvalue weighted by atomic mass is 9.95. The molecule has 1 heterocycles. The molecule has 1 aromatic carbocycles. The maximum Gasteiger partial charge on any atom is 0.406 e. The summed E-state index contributed by atoms with van der Waals surface area (Å²) in [6.07, 6.45) is 2.15. The van der Waals surface area contributed by atoms with E-state index in [1.54, 1.807) is 18.2 Å². The van der Waals surface area contributed by atoms with Gasteiger partial charge in [0.05, 0.1) is 11.1 Å². The maximum atomic E-state index is 12.8. The Morgan fingerprint density at radius 2 is 1.96 bits per heavy atom. The molecule has 1 N–H and O–H groups in total. The van der Waals surface area contributed by atoms with Crippen molar-refractivity contribution in [2.45, 2.75) is 50.9 Å².